The second kappa shape index (κ2) is 12.0. The molecule has 0 unspecified atom stereocenters. The van der Waals surface area contributed by atoms with E-state index in [-0.39, 0.29) is 23.5 Å². The Labute approximate surface area is 237 Å². The van der Waals surface area contributed by atoms with Gasteiger partial charge in [0.2, 0.25) is 0 Å². The molecule has 1 amide bonds. The van der Waals surface area contributed by atoms with E-state index in [4.69, 9.17) is 4.42 Å². The average Bonchev–Trinajstić information content (AvgIpc) is 3.41. The number of amides is 1. The first kappa shape index (κ1) is 27.3. The summed E-state index contributed by atoms with van der Waals surface area (Å²) in [6, 6.07) is 16.2. The van der Waals surface area contributed by atoms with Crippen LogP contribution in [-0.4, -0.2) is 69.5 Å². The number of likely N-dealkylation sites (tertiary alicyclic amines) is 1. The van der Waals surface area contributed by atoms with Crippen LogP contribution in [-0.2, 0) is 9.84 Å². The highest BCUT2D eigenvalue weighted by atomic mass is 32.2. The Balaban J connectivity index is 0.900. The van der Waals surface area contributed by atoms with Crippen molar-refractivity contribution in [3.63, 3.8) is 0 Å². The third-order valence-corrected chi connectivity index (χ3v) is 11.0. The van der Waals surface area contributed by atoms with E-state index in [1.165, 1.54) is 49.6 Å². The lowest BCUT2D eigenvalue weighted by molar-refractivity contribution is 0.0919. The number of para-hydroxylation sites is 1. The van der Waals surface area contributed by atoms with Gasteiger partial charge in [-0.05, 0) is 107 Å². The van der Waals surface area contributed by atoms with E-state index in [1.807, 2.05) is 36.6 Å². The van der Waals surface area contributed by atoms with E-state index >= 15 is 0 Å². The number of carbonyl (C=O) groups is 1. The number of hydrogen-bond acceptors (Lipinski definition) is 6. The molecule has 214 valence electrons. The molecule has 0 atom stereocenters. The van der Waals surface area contributed by atoms with Gasteiger partial charge in [-0.15, -0.1) is 0 Å². The molecule has 1 aromatic heterocycles. The maximum absolute atomic E-state index is 12.9. The van der Waals surface area contributed by atoms with Crippen molar-refractivity contribution >= 4 is 32.4 Å². The maximum atomic E-state index is 12.9. The fourth-order valence-corrected chi connectivity index (χ4v) is 8.01. The SMILES string of the molecule is O=C(N[C@H]1CC[C@H](CCN2CCC(c3coc4ccccc34)CC2)CC1)c1ccc(N2CCS(=O)(=O)CC2)cc1. The van der Waals surface area contributed by atoms with Gasteiger partial charge in [0.25, 0.3) is 5.91 Å². The zero-order valence-electron chi connectivity index (χ0n) is 23.3. The van der Waals surface area contributed by atoms with Crippen LogP contribution in [0.1, 0.15) is 66.8 Å². The Kier molecular flexibility index (Phi) is 8.17. The van der Waals surface area contributed by atoms with Crippen molar-refractivity contribution in [2.75, 3.05) is 49.1 Å². The van der Waals surface area contributed by atoms with Crippen LogP contribution in [0.3, 0.4) is 0 Å². The summed E-state index contributed by atoms with van der Waals surface area (Å²) in [6.07, 6.45) is 10.1. The zero-order valence-corrected chi connectivity index (χ0v) is 24.1. The van der Waals surface area contributed by atoms with Gasteiger partial charge in [-0.25, -0.2) is 8.42 Å². The van der Waals surface area contributed by atoms with Crippen molar-refractivity contribution in [3.05, 3.63) is 65.9 Å². The number of anilines is 1. The highest BCUT2D eigenvalue weighted by molar-refractivity contribution is 7.91. The van der Waals surface area contributed by atoms with Crippen LogP contribution in [0.25, 0.3) is 11.0 Å². The van der Waals surface area contributed by atoms with Crippen LogP contribution in [0.5, 0.6) is 0 Å². The minimum atomic E-state index is -2.90. The quantitative estimate of drug-likeness (QED) is 0.424. The second-order valence-corrected chi connectivity index (χ2v) is 14.3. The molecule has 1 N–H and O–H groups in total. The molecule has 0 bridgehead atoms. The van der Waals surface area contributed by atoms with Gasteiger partial charge in [0.15, 0.2) is 9.84 Å². The van der Waals surface area contributed by atoms with Crippen molar-refractivity contribution in [2.45, 2.75) is 56.9 Å². The Morgan fingerprint density at radius 2 is 1.57 bits per heavy atom. The lowest BCUT2D eigenvalue weighted by Gasteiger charge is -2.34. The Bertz CT molecular complexity index is 1390. The van der Waals surface area contributed by atoms with E-state index in [9.17, 15) is 13.2 Å². The summed E-state index contributed by atoms with van der Waals surface area (Å²) in [6.45, 7) is 4.52. The van der Waals surface area contributed by atoms with Crippen LogP contribution in [0.2, 0.25) is 0 Å². The first-order valence-corrected chi connectivity index (χ1v) is 16.8. The molecule has 2 aliphatic heterocycles. The molecular weight excluding hydrogens is 522 g/mol. The molecule has 0 radical (unpaired) electrons. The van der Waals surface area contributed by atoms with E-state index in [0.29, 0.717) is 24.6 Å². The summed E-state index contributed by atoms with van der Waals surface area (Å²) in [7, 11) is -2.90. The van der Waals surface area contributed by atoms with E-state index in [1.54, 1.807) is 0 Å². The number of hydrogen-bond donors (Lipinski definition) is 1. The van der Waals surface area contributed by atoms with Crippen LogP contribution in [0.15, 0.2) is 59.2 Å². The monoisotopic (exact) mass is 563 g/mol. The Morgan fingerprint density at radius 3 is 2.30 bits per heavy atom. The van der Waals surface area contributed by atoms with Crippen molar-refractivity contribution in [1.29, 1.82) is 0 Å². The largest absolute Gasteiger partial charge is 0.464 e. The standard InChI is InChI=1S/C32H41N3O4S/c36-32(26-7-11-28(12-8-26)35-19-21-40(37,38)22-20-35)33-27-9-5-24(6-10-27)13-16-34-17-14-25(15-18-34)30-23-39-31-4-2-1-3-29(30)31/h1-4,7-8,11-12,23-25,27H,5-6,9-10,13-22H2,(H,33,36)/t24-,27-. The number of piperidine rings is 1. The molecule has 2 aromatic carbocycles. The number of carbonyl (C=O) groups excluding carboxylic acids is 1. The van der Waals surface area contributed by atoms with Gasteiger partial charge in [-0.1, -0.05) is 18.2 Å². The summed E-state index contributed by atoms with van der Waals surface area (Å²) in [4.78, 5) is 17.6. The van der Waals surface area contributed by atoms with E-state index in [0.717, 1.165) is 43.1 Å². The minimum absolute atomic E-state index is 0.00973. The number of benzene rings is 2. The summed E-state index contributed by atoms with van der Waals surface area (Å²) in [5, 5.41) is 4.53. The van der Waals surface area contributed by atoms with Gasteiger partial charge in [0, 0.05) is 41.3 Å². The fourth-order valence-electron chi connectivity index (χ4n) is 6.81. The average molecular weight is 564 g/mol. The van der Waals surface area contributed by atoms with Gasteiger partial charge in [-0.3, -0.25) is 4.79 Å². The molecule has 6 rings (SSSR count). The molecule has 40 heavy (non-hydrogen) atoms. The third kappa shape index (κ3) is 6.39. The predicted molar refractivity (Wildman–Crippen MR) is 160 cm³/mol. The first-order valence-electron chi connectivity index (χ1n) is 15.0. The molecule has 0 spiro atoms. The van der Waals surface area contributed by atoms with Crippen LogP contribution >= 0.6 is 0 Å². The van der Waals surface area contributed by atoms with Crippen molar-refractivity contribution in [2.24, 2.45) is 5.92 Å². The van der Waals surface area contributed by atoms with Crippen LogP contribution < -0.4 is 10.2 Å². The predicted octanol–water partition coefficient (Wildman–Crippen LogP) is 5.23. The summed E-state index contributed by atoms with van der Waals surface area (Å²) in [5.41, 5.74) is 4.03. The molecule has 7 nitrogen and oxygen atoms in total. The molecule has 3 aliphatic rings. The molecule has 1 saturated carbocycles. The van der Waals surface area contributed by atoms with Gasteiger partial charge in [0.05, 0.1) is 17.8 Å². The number of nitrogens with one attached hydrogen (secondary N) is 1. The van der Waals surface area contributed by atoms with Gasteiger partial charge in [-0.2, -0.15) is 0 Å². The highest BCUT2D eigenvalue weighted by Crippen LogP contribution is 2.35. The highest BCUT2D eigenvalue weighted by Gasteiger charge is 2.27. The molecule has 2 saturated heterocycles. The lowest BCUT2D eigenvalue weighted by Crippen LogP contribution is -2.40. The van der Waals surface area contributed by atoms with E-state index < -0.39 is 9.84 Å². The third-order valence-electron chi connectivity index (χ3n) is 9.41. The molecule has 3 aromatic rings. The second-order valence-electron chi connectivity index (χ2n) is 12.0. The van der Waals surface area contributed by atoms with Gasteiger partial charge >= 0.3 is 0 Å². The fraction of sp³-hybridized carbons (Fsp3) is 0.531. The maximum Gasteiger partial charge on any atom is 0.251 e. The summed E-state index contributed by atoms with van der Waals surface area (Å²) < 4.78 is 29.2. The van der Waals surface area contributed by atoms with Crippen LogP contribution in [0, 0.1) is 5.92 Å². The zero-order chi connectivity index (χ0) is 27.5. The molecule has 3 heterocycles. The number of furan rings is 1. The summed E-state index contributed by atoms with van der Waals surface area (Å²) in [5.74, 6) is 1.72. The van der Waals surface area contributed by atoms with Crippen LogP contribution in [0.4, 0.5) is 5.69 Å². The van der Waals surface area contributed by atoms with Gasteiger partial charge in [0.1, 0.15) is 5.58 Å². The molecule has 1 aliphatic carbocycles. The topological polar surface area (TPSA) is 82.9 Å². The molecule has 3 fully saturated rings. The number of nitrogens with zero attached hydrogens (tertiary/aromatic N) is 2. The molecular formula is C32H41N3O4S. The Hall–Kier alpha value is -2.84. The van der Waals surface area contributed by atoms with Crippen molar-refractivity contribution in [3.8, 4) is 0 Å². The minimum Gasteiger partial charge on any atom is -0.464 e. The van der Waals surface area contributed by atoms with E-state index in [2.05, 4.69) is 33.3 Å². The number of rotatable bonds is 7. The Morgan fingerprint density at radius 1 is 0.875 bits per heavy atom. The van der Waals surface area contributed by atoms with Crippen molar-refractivity contribution < 1.29 is 17.6 Å². The van der Waals surface area contributed by atoms with Gasteiger partial charge < -0.3 is 19.5 Å². The number of sulfone groups is 1. The smallest absolute Gasteiger partial charge is 0.251 e. The first-order chi connectivity index (χ1) is 19.4. The summed E-state index contributed by atoms with van der Waals surface area (Å²) >= 11 is 0. The normalized spacial score (nSPS) is 24.2. The molecule has 8 heteroatoms. The number of fused-ring (bicyclic) bond motifs is 1. The van der Waals surface area contributed by atoms with Crippen molar-refractivity contribution in [1.82, 2.24) is 10.2 Å². The lowest BCUT2D eigenvalue weighted by atomic mass is 9.83.